The molecule has 102 valence electrons. The molecule has 1 N–H and O–H groups in total. The van der Waals surface area contributed by atoms with E-state index < -0.39 is 0 Å². The summed E-state index contributed by atoms with van der Waals surface area (Å²) in [7, 11) is 1.73. The first-order valence-corrected chi connectivity index (χ1v) is 7.21. The Labute approximate surface area is 118 Å². The lowest BCUT2D eigenvalue weighted by molar-refractivity contribution is 0.184. The highest BCUT2D eigenvalue weighted by Gasteiger charge is 2.04. The van der Waals surface area contributed by atoms with Crippen LogP contribution in [0.25, 0.3) is 0 Å². The Morgan fingerprint density at radius 3 is 2.53 bits per heavy atom. The summed E-state index contributed by atoms with van der Waals surface area (Å²) in [5.74, 6) is 0. The standard InChI is InChI=1S/C15H20N2OS/c1-11-12(2)19-15(17-11)9-16-8-13-6-4-5-7-14(13)10-18-3/h4-7,16H,8-10H2,1-3H3. The summed E-state index contributed by atoms with van der Waals surface area (Å²) >= 11 is 1.77. The maximum Gasteiger partial charge on any atom is 0.107 e. The first-order valence-electron chi connectivity index (χ1n) is 6.40. The summed E-state index contributed by atoms with van der Waals surface area (Å²) in [5.41, 5.74) is 3.67. The van der Waals surface area contributed by atoms with Crippen LogP contribution < -0.4 is 5.32 Å². The number of thiazole rings is 1. The van der Waals surface area contributed by atoms with E-state index in [1.54, 1.807) is 18.4 Å². The number of hydrogen-bond donors (Lipinski definition) is 1. The summed E-state index contributed by atoms with van der Waals surface area (Å²) in [6.45, 7) is 6.50. The molecular formula is C15H20N2OS. The van der Waals surface area contributed by atoms with Gasteiger partial charge in [-0.15, -0.1) is 11.3 Å². The molecule has 0 atom stereocenters. The summed E-state index contributed by atoms with van der Waals surface area (Å²) in [4.78, 5) is 5.83. The van der Waals surface area contributed by atoms with E-state index in [-0.39, 0.29) is 0 Å². The fourth-order valence-electron chi connectivity index (χ4n) is 1.95. The van der Waals surface area contributed by atoms with Crippen molar-refractivity contribution < 1.29 is 4.74 Å². The fraction of sp³-hybridized carbons (Fsp3) is 0.400. The third-order valence-corrected chi connectivity index (χ3v) is 4.16. The van der Waals surface area contributed by atoms with Gasteiger partial charge in [-0.1, -0.05) is 24.3 Å². The summed E-state index contributed by atoms with van der Waals surface area (Å²) in [6, 6.07) is 8.36. The maximum absolute atomic E-state index is 5.21. The predicted octanol–water partition coefficient (Wildman–Crippen LogP) is 3.20. The van der Waals surface area contributed by atoms with Gasteiger partial charge in [-0.3, -0.25) is 0 Å². The van der Waals surface area contributed by atoms with Gasteiger partial charge >= 0.3 is 0 Å². The maximum atomic E-state index is 5.21. The van der Waals surface area contributed by atoms with E-state index in [1.165, 1.54) is 16.0 Å². The van der Waals surface area contributed by atoms with E-state index in [2.05, 4.69) is 42.3 Å². The lowest BCUT2D eigenvalue weighted by Crippen LogP contribution is -2.14. The first kappa shape index (κ1) is 14.2. The normalized spacial score (nSPS) is 10.9. The highest BCUT2D eigenvalue weighted by Crippen LogP contribution is 2.16. The summed E-state index contributed by atoms with van der Waals surface area (Å²) in [5, 5.41) is 4.60. The van der Waals surface area contributed by atoms with E-state index in [4.69, 9.17) is 4.74 Å². The molecule has 0 aliphatic heterocycles. The molecule has 0 aliphatic carbocycles. The summed E-state index contributed by atoms with van der Waals surface area (Å²) in [6.07, 6.45) is 0. The van der Waals surface area contributed by atoms with Crippen LogP contribution in [0.15, 0.2) is 24.3 Å². The van der Waals surface area contributed by atoms with E-state index in [0.717, 1.165) is 23.8 Å². The molecule has 1 heterocycles. The lowest BCUT2D eigenvalue weighted by atomic mass is 10.1. The monoisotopic (exact) mass is 276 g/mol. The molecule has 1 aromatic carbocycles. The van der Waals surface area contributed by atoms with E-state index in [0.29, 0.717) is 6.61 Å². The highest BCUT2D eigenvalue weighted by molar-refractivity contribution is 7.11. The number of rotatable bonds is 6. The largest absolute Gasteiger partial charge is 0.380 e. The number of aryl methyl sites for hydroxylation is 2. The molecule has 0 aliphatic rings. The number of benzene rings is 1. The van der Waals surface area contributed by atoms with Gasteiger partial charge in [-0.25, -0.2) is 4.98 Å². The molecule has 0 unspecified atom stereocenters. The Morgan fingerprint density at radius 2 is 1.89 bits per heavy atom. The van der Waals surface area contributed by atoms with Crippen LogP contribution in [0.3, 0.4) is 0 Å². The minimum absolute atomic E-state index is 0.660. The third kappa shape index (κ3) is 3.86. The van der Waals surface area contributed by atoms with Crippen LogP contribution in [0.5, 0.6) is 0 Å². The highest BCUT2D eigenvalue weighted by atomic mass is 32.1. The van der Waals surface area contributed by atoms with Crippen molar-refractivity contribution in [1.29, 1.82) is 0 Å². The second-order valence-electron chi connectivity index (χ2n) is 4.55. The number of methoxy groups -OCH3 is 1. The number of ether oxygens (including phenoxy) is 1. The van der Waals surface area contributed by atoms with Crippen molar-refractivity contribution in [3.8, 4) is 0 Å². The molecular weight excluding hydrogens is 256 g/mol. The minimum Gasteiger partial charge on any atom is -0.380 e. The van der Waals surface area contributed by atoms with Crippen molar-refractivity contribution in [2.24, 2.45) is 0 Å². The van der Waals surface area contributed by atoms with Crippen LogP contribution in [-0.2, 0) is 24.4 Å². The number of nitrogens with zero attached hydrogens (tertiary/aromatic N) is 1. The van der Waals surface area contributed by atoms with Gasteiger partial charge in [0.15, 0.2) is 0 Å². The van der Waals surface area contributed by atoms with Crippen molar-refractivity contribution in [2.75, 3.05) is 7.11 Å². The van der Waals surface area contributed by atoms with Crippen LogP contribution in [0.4, 0.5) is 0 Å². The van der Waals surface area contributed by atoms with Crippen LogP contribution in [0.2, 0.25) is 0 Å². The van der Waals surface area contributed by atoms with Gasteiger partial charge in [0.2, 0.25) is 0 Å². The van der Waals surface area contributed by atoms with Gasteiger partial charge in [0.1, 0.15) is 5.01 Å². The fourth-order valence-corrected chi connectivity index (χ4v) is 2.85. The van der Waals surface area contributed by atoms with Crippen molar-refractivity contribution >= 4 is 11.3 Å². The second-order valence-corrected chi connectivity index (χ2v) is 5.84. The van der Waals surface area contributed by atoms with Gasteiger partial charge < -0.3 is 10.1 Å². The molecule has 0 saturated carbocycles. The molecule has 4 heteroatoms. The van der Waals surface area contributed by atoms with E-state index in [1.807, 2.05) is 6.07 Å². The SMILES string of the molecule is COCc1ccccc1CNCc1nc(C)c(C)s1. The Bertz CT molecular complexity index is 517. The van der Waals surface area contributed by atoms with Crippen LogP contribution in [0.1, 0.15) is 26.7 Å². The lowest BCUT2D eigenvalue weighted by Gasteiger charge is -2.09. The molecule has 0 fully saturated rings. The zero-order valence-electron chi connectivity index (χ0n) is 11.7. The second kappa shape index (κ2) is 6.80. The predicted molar refractivity (Wildman–Crippen MR) is 79.3 cm³/mol. The average molecular weight is 276 g/mol. The Hall–Kier alpha value is -1.23. The van der Waals surface area contributed by atoms with Crippen LogP contribution in [0, 0.1) is 13.8 Å². The smallest absolute Gasteiger partial charge is 0.107 e. The Kier molecular flexibility index (Phi) is 5.07. The van der Waals surface area contributed by atoms with Gasteiger partial charge in [0.25, 0.3) is 0 Å². The molecule has 0 radical (unpaired) electrons. The van der Waals surface area contributed by atoms with E-state index in [9.17, 15) is 0 Å². The Morgan fingerprint density at radius 1 is 1.16 bits per heavy atom. The van der Waals surface area contributed by atoms with Crippen molar-refractivity contribution in [1.82, 2.24) is 10.3 Å². The topological polar surface area (TPSA) is 34.1 Å². The van der Waals surface area contributed by atoms with Gasteiger partial charge in [-0.05, 0) is 25.0 Å². The minimum atomic E-state index is 0.660. The molecule has 3 nitrogen and oxygen atoms in total. The van der Waals surface area contributed by atoms with Crippen LogP contribution in [-0.4, -0.2) is 12.1 Å². The van der Waals surface area contributed by atoms with E-state index >= 15 is 0 Å². The summed E-state index contributed by atoms with van der Waals surface area (Å²) < 4.78 is 5.21. The molecule has 0 amide bonds. The molecule has 0 saturated heterocycles. The Balaban J connectivity index is 1.92. The van der Waals surface area contributed by atoms with Gasteiger partial charge in [-0.2, -0.15) is 0 Å². The van der Waals surface area contributed by atoms with Crippen molar-refractivity contribution in [2.45, 2.75) is 33.5 Å². The third-order valence-electron chi connectivity index (χ3n) is 3.08. The molecule has 0 spiro atoms. The molecule has 2 rings (SSSR count). The molecule has 1 aromatic heterocycles. The van der Waals surface area contributed by atoms with Crippen molar-refractivity contribution in [3.63, 3.8) is 0 Å². The molecule has 2 aromatic rings. The first-order chi connectivity index (χ1) is 9.20. The molecule has 19 heavy (non-hydrogen) atoms. The zero-order chi connectivity index (χ0) is 13.7. The number of aromatic nitrogens is 1. The van der Waals surface area contributed by atoms with Crippen LogP contribution >= 0.6 is 11.3 Å². The quantitative estimate of drug-likeness (QED) is 0.880. The number of nitrogens with one attached hydrogen (secondary N) is 1. The van der Waals surface area contributed by atoms with Gasteiger partial charge in [0.05, 0.1) is 12.3 Å². The zero-order valence-corrected chi connectivity index (χ0v) is 12.5. The van der Waals surface area contributed by atoms with Gasteiger partial charge in [0, 0.05) is 25.1 Å². The number of hydrogen-bond acceptors (Lipinski definition) is 4. The van der Waals surface area contributed by atoms with Crippen molar-refractivity contribution in [3.05, 3.63) is 51.0 Å². The molecule has 0 bridgehead atoms. The average Bonchev–Trinajstić information content (AvgIpc) is 2.71.